The van der Waals surface area contributed by atoms with Crippen molar-refractivity contribution in [2.75, 3.05) is 25.2 Å². The van der Waals surface area contributed by atoms with Gasteiger partial charge in [-0.2, -0.15) is 0 Å². The number of amidine groups is 1. The largest absolute Gasteiger partial charge is 0.768 e. The number of anilines is 1. The van der Waals surface area contributed by atoms with Gasteiger partial charge in [-0.15, -0.1) is 0 Å². The van der Waals surface area contributed by atoms with Crippen LogP contribution in [0.4, 0.5) is 5.82 Å². The number of pyridine rings is 1. The molecule has 0 bridgehead atoms. The Morgan fingerprint density at radius 1 is 1.45 bits per heavy atom. The van der Waals surface area contributed by atoms with E-state index in [1.54, 1.807) is 18.2 Å². The van der Waals surface area contributed by atoms with Gasteiger partial charge in [0.2, 0.25) is 0 Å². The van der Waals surface area contributed by atoms with Crippen LogP contribution >= 0.6 is 0 Å². The Morgan fingerprint density at radius 2 is 2.26 bits per heavy atom. The molecule has 1 aromatic carbocycles. The average molecular weight is 442 g/mol. The summed E-state index contributed by atoms with van der Waals surface area (Å²) in [6.07, 6.45) is 1.78. The van der Waals surface area contributed by atoms with Crippen molar-refractivity contribution in [3.05, 3.63) is 47.2 Å². The first-order valence-corrected chi connectivity index (χ1v) is 10.6. The van der Waals surface area contributed by atoms with Crippen molar-refractivity contribution in [1.82, 2.24) is 9.88 Å². The lowest BCUT2D eigenvalue weighted by molar-refractivity contribution is 0.0995. The second kappa shape index (κ2) is 8.53. The fourth-order valence-corrected chi connectivity index (χ4v) is 4.32. The minimum atomic E-state index is -2.54. The highest BCUT2D eigenvalue weighted by Gasteiger charge is 2.33. The fourth-order valence-electron chi connectivity index (χ4n) is 3.73. The van der Waals surface area contributed by atoms with Crippen LogP contribution in [0.1, 0.15) is 28.0 Å². The van der Waals surface area contributed by atoms with Crippen LogP contribution in [0.2, 0.25) is 0 Å². The number of nitrogens with one attached hydrogen (secondary N) is 2. The molecule has 3 heterocycles. The van der Waals surface area contributed by atoms with Gasteiger partial charge in [0.1, 0.15) is 17.3 Å². The second-order valence-electron chi connectivity index (χ2n) is 7.06. The summed E-state index contributed by atoms with van der Waals surface area (Å²) in [4.78, 5) is 20.3. The van der Waals surface area contributed by atoms with E-state index < -0.39 is 17.0 Å². The third-order valence-electron chi connectivity index (χ3n) is 5.34. The molecule has 0 spiro atoms. The van der Waals surface area contributed by atoms with E-state index in [9.17, 15) is 13.6 Å². The first-order chi connectivity index (χ1) is 14.9. The molecule has 1 fully saturated rings. The third-order valence-corrected chi connectivity index (χ3v) is 6.06. The number of fused-ring (bicyclic) bond motifs is 1. The number of benzene rings is 1. The maximum atomic E-state index is 13.0. The van der Waals surface area contributed by atoms with E-state index in [0.29, 0.717) is 30.9 Å². The number of amides is 1. The van der Waals surface area contributed by atoms with E-state index in [1.807, 2.05) is 0 Å². The van der Waals surface area contributed by atoms with Crippen molar-refractivity contribution in [2.24, 2.45) is 0 Å². The van der Waals surface area contributed by atoms with E-state index in [0.717, 1.165) is 6.34 Å². The first-order valence-electron chi connectivity index (χ1n) is 9.49. The van der Waals surface area contributed by atoms with Crippen LogP contribution in [0.25, 0.3) is 0 Å². The minimum Gasteiger partial charge on any atom is -0.768 e. The smallest absolute Gasteiger partial charge is 0.260 e. The summed E-state index contributed by atoms with van der Waals surface area (Å²) in [5, 5.41) is 16.2. The Labute approximate surface area is 181 Å². The summed E-state index contributed by atoms with van der Waals surface area (Å²) in [6, 6.07) is 7.70. The van der Waals surface area contributed by atoms with Crippen LogP contribution in [0.3, 0.4) is 0 Å². The number of carbonyl (C=O) groups excluding carboxylic acids is 1. The molecule has 11 heteroatoms. The number of methoxy groups -OCH3 is 1. The van der Waals surface area contributed by atoms with Crippen molar-refractivity contribution >= 4 is 35.0 Å². The van der Waals surface area contributed by atoms with Gasteiger partial charge >= 0.3 is 0 Å². The number of hydrogen-bond acceptors (Lipinski definition) is 8. The molecular formula is C20H20N5O5S-. The van der Waals surface area contributed by atoms with Crippen LogP contribution in [-0.2, 0) is 22.4 Å². The number of rotatable bonds is 6. The standard InChI is InChI=1S/C20H21N5O5S/c1-29-13-7-14-15(17(8-13)31(27)28)9-24(20(14)26)18-4-2-3-16(23-18)19(22)25(11-21)12-5-6-30-10-12/h2-4,7-8,11-12,21-22H,5-6,9-10H2,1H3,(H,27,28)/p-1. The van der Waals surface area contributed by atoms with Gasteiger partial charge in [0.15, 0.2) is 5.84 Å². The molecular weight excluding hydrogens is 422 g/mol. The molecule has 10 nitrogen and oxygen atoms in total. The van der Waals surface area contributed by atoms with Crippen molar-refractivity contribution in [3.8, 4) is 5.75 Å². The molecule has 2 aliphatic rings. The Bertz CT molecular complexity index is 1090. The maximum absolute atomic E-state index is 13.0. The molecule has 162 valence electrons. The molecule has 2 unspecified atom stereocenters. The molecule has 2 aromatic rings. The predicted octanol–water partition coefficient (Wildman–Crippen LogP) is 1.51. The monoisotopic (exact) mass is 442 g/mol. The van der Waals surface area contributed by atoms with Gasteiger partial charge in [0.25, 0.3) is 5.91 Å². The topological polar surface area (TPSA) is 143 Å². The molecule has 0 radical (unpaired) electrons. The molecule has 0 aliphatic carbocycles. The van der Waals surface area contributed by atoms with Gasteiger partial charge in [0, 0.05) is 17.1 Å². The van der Waals surface area contributed by atoms with Crippen molar-refractivity contribution in [3.63, 3.8) is 0 Å². The Kier molecular flexibility index (Phi) is 5.81. The molecule has 1 saturated heterocycles. The average Bonchev–Trinajstić information content (AvgIpc) is 3.42. The highest BCUT2D eigenvalue weighted by atomic mass is 32.2. The Morgan fingerprint density at radius 3 is 2.90 bits per heavy atom. The SMILES string of the molecule is COc1cc2c(c(S(=O)[O-])c1)CN(c1cccc(C(=N)N(C=N)C3CCOC3)n1)C2=O. The number of hydrogen-bond donors (Lipinski definition) is 2. The van der Waals surface area contributed by atoms with Gasteiger partial charge < -0.3 is 18.9 Å². The molecule has 2 N–H and O–H groups in total. The van der Waals surface area contributed by atoms with Gasteiger partial charge in [-0.25, -0.2) is 4.98 Å². The molecule has 1 amide bonds. The fraction of sp³-hybridized carbons (Fsp3) is 0.300. The van der Waals surface area contributed by atoms with Crippen LogP contribution in [0.15, 0.2) is 35.2 Å². The number of aromatic nitrogens is 1. The zero-order chi connectivity index (χ0) is 22.1. The molecule has 0 saturated carbocycles. The van der Waals surface area contributed by atoms with E-state index in [4.69, 9.17) is 20.3 Å². The number of carbonyl (C=O) groups is 1. The second-order valence-corrected chi connectivity index (χ2v) is 7.97. The van der Waals surface area contributed by atoms with Crippen LogP contribution in [-0.4, -0.2) is 63.1 Å². The van der Waals surface area contributed by atoms with E-state index in [1.165, 1.54) is 29.0 Å². The quantitative estimate of drug-likeness (QED) is 0.392. The van der Waals surface area contributed by atoms with Crippen LogP contribution < -0.4 is 9.64 Å². The Balaban J connectivity index is 1.66. The third kappa shape index (κ3) is 3.82. The Hall–Kier alpha value is -3.15. The zero-order valence-electron chi connectivity index (χ0n) is 16.7. The van der Waals surface area contributed by atoms with E-state index >= 15 is 0 Å². The normalized spacial score (nSPS) is 18.6. The summed E-state index contributed by atoms with van der Waals surface area (Å²) in [6.45, 7) is 1.04. The van der Waals surface area contributed by atoms with Crippen molar-refractivity contribution in [1.29, 1.82) is 10.8 Å². The lowest BCUT2D eigenvalue weighted by Gasteiger charge is -2.25. The van der Waals surface area contributed by atoms with Gasteiger partial charge in [-0.3, -0.25) is 24.7 Å². The highest BCUT2D eigenvalue weighted by molar-refractivity contribution is 7.79. The predicted molar refractivity (Wildman–Crippen MR) is 112 cm³/mol. The summed E-state index contributed by atoms with van der Waals surface area (Å²) >= 11 is -2.54. The summed E-state index contributed by atoms with van der Waals surface area (Å²) < 4.78 is 33.9. The van der Waals surface area contributed by atoms with Gasteiger partial charge in [0.05, 0.1) is 32.6 Å². The molecule has 31 heavy (non-hydrogen) atoms. The first kappa shape index (κ1) is 21.1. The molecule has 2 aliphatic heterocycles. The van der Waals surface area contributed by atoms with Gasteiger partial charge in [-0.05, 0) is 47.3 Å². The lowest BCUT2D eigenvalue weighted by Crippen LogP contribution is -2.40. The molecule has 2 atom stereocenters. The summed E-state index contributed by atoms with van der Waals surface area (Å²) in [5.74, 6) is 0.194. The summed E-state index contributed by atoms with van der Waals surface area (Å²) in [7, 11) is 1.40. The van der Waals surface area contributed by atoms with Gasteiger partial charge in [-0.1, -0.05) is 6.07 Å². The number of nitrogens with zero attached hydrogens (tertiary/aromatic N) is 3. The van der Waals surface area contributed by atoms with E-state index in [-0.39, 0.29) is 40.4 Å². The number of ether oxygens (including phenoxy) is 2. The molecule has 4 rings (SSSR count). The van der Waals surface area contributed by atoms with Crippen LogP contribution in [0.5, 0.6) is 5.75 Å². The molecule has 1 aromatic heterocycles. The highest BCUT2D eigenvalue weighted by Crippen LogP contribution is 2.34. The van der Waals surface area contributed by atoms with Crippen molar-refractivity contribution in [2.45, 2.75) is 23.9 Å². The zero-order valence-corrected chi connectivity index (χ0v) is 17.5. The minimum absolute atomic E-state index is 0.00492. The van der Waals surface area contributed by atoms with Crippen molar-refractivity contribution < 1.29 is 23.0 Å². The van der Waals surface area contributed by atoms with Crippen LogP contribution in [0, 0.1) is 10.8 Å². The van der Waals surface area contributed by atoms with E-state index in [2.05, 4.69) is 4.98 Å². The maximum Gasteiger partial charge on any atom is 0.260 e. The lowest BCUT2D eigenvalue weighted by atomic mass is 10.1. The summed E-state index contributed by atoms with van der Waals surface area (Å²) in [5.41, 5.74) is 0.914.